The SMILES string of the molecule is O=C(COc1ccc(C2=NN(C(=O)c3cccs3)C(c3ccco3)C2)cc1)N1CCCC1. The Hall–Kier alpha value is -3.39. The zero-order chi connectivity index (χ0) is 21.9. The van der Waals surface area contributed by atoms with E-state index in [4.69, 9.17) is 9.15 Å². The fraction of sp³-hybridized carbons (Fsp3) is 0.292. The summed E-state index contributed by atoms with van der Waals surface area (Å²) in [4.78, 5) is 27.7. The second-order valence-electron chi connectivity index (χ2n) is 7.81. The molecule has 2 aliphatic heterocycles. The third-order valence-electron chi connectivity index (χ3n) is 5.73. The maximum absolute atomic E-state index is 13.0. The highest BCUT2D eigenvalue weighted by Crippen LogP contribution is 2.35. The summed E-state index contributed by atoms with van der Waals surface area (Å²) in [5.41, 5.74) is 1.71. The Bertz CT molecular complexity index is 1100. The maximum atomic E-state index is 13.0. The van der Waals surface area contributed by atoms with E-state index in [1.54, 1.807) is 12.3 Å². The zero-order valence-electron chi connectivity index (χ0n) is 17.5. The standard InChI is InChI=1S/C24H23N3O4S/c28-23(26-11-1-2-12-26)16-31-18-9-7-17(8-10-18)19-15-20(21-5-3-13-30-21)27(25-19)24(29)22-6-4-14-32-22/h3-10,13-14,20H,1-2,11-12,15-16H2. The third kappa shape index (κ3) is 4.18. The first kappa shape index (κ1) is 20.5. The molecule has 0 radical (unpaired) electrons. The van der Waals surface area contributed by atoms with Gasteiger partial charge in [-0.1, -0.05) is 6.07 Å². The Kier molecular flexibility index (Phi) is 5.77. The van der Waals surface area contributed by atoms with Crippen molar-refractivity contribution in [2.24, 2.45) is 5.10 Å². The van der Waals surface area contributed by atoms with Crippen molar-refractivity contribution >= 4 is 28.9 Å². The Balaban J connectivity index is 1.30. The lowest BCUT2D eigenvalue weighted by Gasteiger charge is -2.19. The van der Waals surface area contributed by atoms with Crippen molar-refractivity contribution in [2.45, 2.75) is 25.3 Å². The second kappa shape index (κ2) is 9.00. The normalized spacial score (nSPS) is 18.1. The summed E-state index contributed by atoms with van der Waals surface area (Å²) in [5.74, 6) is 1.22. The molecule has 7 nitrogen and oxygen atoms in total. The molecule has 2 amide bonds. The van der Waals surface area contributed by atoms with E-state index in [-0.39, 0.29) is 24.5 Å². The summed E-state index contributed by atoms with van der Waals surface area (Å²) in [5, 5.41) is 8.04. The van der Waals surface area contributed by atoms with Gasteiger partial charge in [0.25, 0.3) is 11.8 Å². The van der Waals surface area contributed by atoms with Gasteiger partial charge in [-0.3, -0.25) is 9.59 Å². The molecule has 2 aromatic heterocycles. The number of hydrogen-bond acceptors (Lipinski definition) is 6. The molecule has 0 saturated carbocycles. The number of furan rings is 1. The van der Waals surface area contributed by atoms with Crippen LogP contribution >= 0.6 is 11.3 Å². The average molecular weight is 450 g/mol. The first-order valence-corrected chi connectivity index (χ1v) is 11.6. The fourth-order valence-corrected chi connectivity index (χ4v) is 4.69. The minimum Gasteiger partial charge on any atom is -0.484 e. The van der Waals surface area contributed by atoms with Gasteiger partial charge >= 0.3 is 0 Å². The number of ether oxygens (including phenoxy) is 1. The fourth-order valence-electron chi connectivity index (χ4n) is 4.03. The van der Waals surface area contributed by atoms with Crippen LogP contribution in [0, 0.1) is 0 Å². The van der Waals surface area contributed by atoms with Crippen LogP contribution in [0.3, 0.4) is 0 Å². The van der Waals surface area contributed by atoms with E-state index in [9.17, 15) is 9.59 Å². The number of nitrogens with zero attached hydrogens (tertiary/aromatic N) is 3. The van der Waals surface area contributed by atoms with Crippen molar-refractivity contribution in [3.63, 3.8) is 0 Å². The molecule has 1 atom stereocenters. The molecule has 32 heavy (non-hydrogen) atoms. The summed E-state index contributed by atoms with van der Waals surface area (Å²) in [6.45, 7) is 1.68. The lowest BCUT2D eigenvalue weighted by Crippen LogP contribution is -2.32. The van der Waals surface area contributed by atoms with Gasteiger partial charge in [0.2, 0.25) is 0 Å². The van der Waals surface area contributed by atoms with Crippen LogP contribution in [0.4, 0.5) is 0 Å². The summed E-state index contributed by atoms with van der Waals surface area (Å²) >= 11 is 1.39. The molecule has 0 N–H and O–H groups in total. The molecule has 1 unspecified atom stereocenters. The Morgan fingerprint density at radius 3 is 2.59 bits per heavy atom. The van der Waals surface area contributed by atoms with Crippen molar-refractivity contribution in [2.75, 3.05) is 19.7 Å². The molecule has 1 aromatic carbocycles. The predicted octanol–water partition coefficient (Wildman–Crippen LogP) is 4.33. The van der Waals surface area contributed by atoms with Crippen LogP contribution in [0.15, 0.2) is 69.7 Å². The van der Waals surface area contributed by atoms with Crippen LogP contribution < -0.4 is 4.74 Å². The van der Waals surface area contributed by atoms with E-state index in [1.165, 1.54) is 16.3 Å². The molecule has 5 rings (SSSR count). The van der Waals surface area contributed by atoms with Gasteiger partial charge in [0.15, 0.2) is 6.61 Å². The van der Waals surface area contributed by atoms with Crippen LogP contribution in [0.5, 0.6) is 5.75 Å². The van der Waals surface area contributed by atoms with Crippen LogP contribution in [0.1, 0.15) is 46.3 Å². The van der Waals surface area contributed by atoms with E-state index in [0.29, 0.717) is 22.8 Å². The predicted molar refractivity (Wildman–Crippen MR) is 121 cm³/mol. The Labute approximate surface area is 189 Å². The van der Waals surface area contributed by atoms with Gasteiger partial charge < -0.3 is 14.1 Å². The highest BCUT2D eigenvalue weighted by molar-refractivity contribution is 7.12. The van der Waals surface area contributed by atoms with E-state index >= 15 is 0 Å². The number of benzene rings is 1. The highest BCUT2D eigenvalue weighted by atomic mass is 32.1. The molecule has 3 aromatic rings. The lowest BCUT2D eigenvalue weighted by atomic mass is 10.0. The smallest absolute Gasteiger partial charge is 0.284 e. The molecule has 164 valence electrons. The number of thiophene rings is 1. The van der Waals surface area contributed by atoms with Gasteiger partial charge in [0.05, 0.1) is 16.9 Å². The summed E-state index contributed by atoms with van der Waals surface area (Å²) < 4.78 is 11.3. The third-order valence-corrected chi connectivity index (χ3v) is 6.59. The molecular formula is C24H23N3O4S. The van der Waals surface area contributed by atoms with Crippen LogP contribution in [0.2, 0.25) is 0 Å². The molecule has 1 fully saturated rings. The number of carbonyl (C=O) groups excluding carboxylic acids is 2. The van der Waals surface area contributed by atoms with Gasteiger partial charge in [-0.25, -0.2) is 5.01 Å². The molecule has 0 bridgehead atoms. The van der Waals surface area contributed by atoms with Gasteiger partial charge in [-0.05, 0) is 66.2 Å². The van der Waals surface area contributed by atoms with E-state index < -0.39 is 0 Å². The molecule has 4 heterocycles. The van der Waals surface area contributed by atoms with Crippen molar-refractivity contribution in [3.05, 3.63) is 76.4 Å². The monoisotopic (exact) mass is 449 g/mol. The first-order valence-electron chi connectivity index (χ1n) is 10.7. The number of hydrogen-bond donors (Lipinski definition) is 0. The van der Waals surface area contributed by atoms with Gasteiger partial charge in [-0.15, -0.1) is 11.3 Å². The summed E-state index contributed by atoms with van der Waals surface area (Å²) in [6, 6.07) is 14.5. The van der Waals surface area contributed by atoms with E-state index in [1.807, 2.05) is 52.7 Å². The summed E-state index contributed by atoms with van der Waals surface area (Å²) in [7, 11) is 0. The van der Waals surface area contributed by atoms with Crippen molar-refractivity contribution in [1.29, 1.82) is 0 Å². The van der Waals surface area contributed by atoms with Crippen molar-refractivity contribution in [1.82, 2.24) is 9.91 Å². The average Bonchev–Trinajstić information content (AvgIpc) is 3.64. The zero-order valence-corrected chi connectivity index (χ0v) is 18.3. The van der Waals surface area contributed by atoms with Gasteiger partial charge in [-0.2, -0.15) is 5.10 Å². The van der Waals surface area contributed by atoms with Gasteiger partial charge in [0.1, 0.15) is 17.6 Å². The molecule has 2 aliphatic rings. The van der Waals surface area contributed by atoms with Crippen LogP contribution in [0.25, 0.3) is 0 Å². The molecule has 0 aliphatic carbocycles. The molecule has 1 saturated heterocycles. The Morgan fingerprint density at radius 1 is 1.09 bits per heavy atom. The van der Waals surface area contributed by atoms with Crippen LogP contribution in [-0.4, -0.2) is 47.1 Å². The van der Waals surface area contributed by atoms with Gasteiger partial charge in [0, 0.05) is 19.5 Å². The minimum absolute atomic E-state index is 0.0239. The topological polar surface area (TPSA) is 75.3 Å². The number of rotatable bonds is 6. The van der Waals surface area contributed by atoms with E-state index in [2.05, 4.69) is 5.10 Å². The minimum atomic E-state index is -0.288. The van der Waals surface area contributed by atoms with Crippen molar-refractivity contribution < 1.29 is 18.7 Å². The maximum Gasteiger partial charge on any atom is 0.284 e. The largest absolute Gasteiger partial charge is 0.484 e. The lowest BCUT2D eigenvalue weighted by molar-refractivity contribution is -0.132. The number of amides is 2. The Morgan fingerprint density at radius 2 is 1.91 bits per heavy atom. The van der Waals surface area contributed by atoms with Crippen LogP contribution in [-0.2, 0) is 4.79 Å². The number of carbonyl (C=O) groups is 2. The summed E-state index contributed by atoms with van der Waals surface area (Å²) in [6.07, 6.45) is 4.29. The highest BCUT2D eigenvalue weighted by Gasteiger charge is 2.35. The van der Waals surface area contributed by atoms with E-state index in [0.717, 1.165) is 37.2 Å². The number of likely N-dealkylation sites (tertiary alicyclic amines) is 1. The second-order valence-corrected chi connectivity index (χ2v) is 8.76. The quantitative estimate of drug-likeness (QED) is 0.561. The molecule has 0 spiro atoms. The molecular weight excluding hydrogens is 426 g/mol. The molecule has 8 heteroatoms. The van der Waals surface area contributed by atoms with Crippen molar-refractivity contribution in [3.8, 4) is 5.75 Å². The first-order chi connectivity index (χ1) is 15.7. The number of hydrazone groups is 1.